The van der Waals surface area contributed by atoms with Gasteiger partial charge in [-0.15, -0.1) is 0 Å². The molecule has 0 heterocycles. The van der Waals surface area contributed by atoms with Crippen LogP contribution in [0.2, 0.25) is 0 Å². The van der Waals surface area contributed by atoms with Gasteiger partial charge in [0.15, 0.2) is 0 Å². The molecule has 17 heavy (non-hydrogen) atoms. The molecule has 0 aromatic heterocycles. The minimum absolute atomic E-state index is 0.0610. The van der Waals surface area contributed by atoms with E-state index in [1.54, 1.807) is 12.1 Å². The number of carbonyl (C=O) groups is 1. The zero-order valence-corrected chi connectivity index (χ0v) is 12.9. The molecule has 0 aliphatic heterocycles. The number of hydrogen-bond donors (Lipinski definition) is 0. The molecule has 0 N–H and O–H groups in total. The van der Waals surface area contributed by atoms with Crippen molar-refractivity contribution >= 4 is 56.1 Å². The van der Waals surface area contributed by atoms with Gasteiger partial charge in [-0.3, -0.25) is 4.79 Å². The van der Waals surface area contributed by atoms with E-state index < -0.39 is 5.51 Å². The highest BCUT2D eigenvalue weighted by Crippen LogP contribution is 2.39. The molecule has 0 aliphatic rings. The first-order valence-corrected chi connectivity index (χ1v) is 7.45. The predicted octanol–water partition coefficient (Wildman–Crippen LogP) is 4.41. The summed E-state index contributed by atoms with van der Waals surface area (Å²) >= 11 is 4.71. The molecule has 0 aliphatic carbocycles. The molecule has 0 atom stereocenters. The third kappa shape index (κ3) is 5.60. The van der Waals surface area contributed by atoms with Gasteiger partial charge in [-0.1, -0.05) is 22.0 Å². The number of ketones is 1. The maximum Gasteiger partial charge on any atom is 0.446 e. The largest absolute Gasteiger partial charge is 0.446 e. The molecule has 0 fully saturated rings. The van der Waals surface area contributed by atoms with Gasteiger partial charge in [-0.2, -0.15) is 13.2 Å². The number of carbonyl (C=O) groups excluding carboxylic acids is 1. The average molecular weight is 439 g/mol. The van der Waals surface area contributed by atoms with Gasteiger partial charge in [0.05, 0.1) is 5.33 Å². The molecule has 0 amide bonds. The van der Waals surface area contributed by atoms with Crippen LogP contribution in [0.1, 0.15) is 5.56 Å². The quantitative estimate of drug-likeness (QED) is 0.393. The fraction of sp³-hybridized carbons (Fsp3) is 0.300. The molecule has 0 radical (unpaired) electrons. The van der Waals surface area contributed by atoms with Gasteiger partial charge in [-0.05, 0) is 52.0 Å². The monoisotopic (exact) mass is 438 g/mol. The van der Waals surface area contributed by atoms with Gasteiger partial charge >= 0.3 is 5.51 Å². The summed E-state index contributed by atoms with van der Waals surface area (Å²) in [6, 6.07) is 4.68. The first kappa shape index (κ1) is 15.3. The van der Waals surface area contributed by atoms with E-state index in [-0.39, 0.29) is 34.2 Å². The Kier molecular flexibility index (Phi) is 5.78. The van der Waals surface area contributed by atoms with Crippen LogP contribution in [0.3, 0.4) is 0 Å². The average Bonchev–Trinajstić information content (AvgIpc) is 2.21. The summed E-state index contributed by atoms with van der Waals surface area (Å²) in [5.74, 6) is -0.0610. The molecule has 0 bridgehead atoms. The topological polar surface area (TPSA) is 17.1 Å². The minimum atomic E-state index is -4.31. The Hall–Kier alpha value is 0.240. The molecular weight excluding hydrogens is 432 g/mol. The predicted molar refractivity (Wildman–Crippen MR) is 73.6 cm³/mol. The van der Waals surface area contributed by atoms with E-state index in [9.17, 15) is 18.0 Å². The van der Waals surface area contributed by atoms with Gasteiger partial charge in [0.25, 0.3) is 0 Å². The van der Waals surface area contributed by atoms with Crippen molar-refractivity contribution in [1.29, 1.82) is 0 Å². The van der Waals surface area contributed by atoms with Crippen LogP contribution >= 0.6 is 50.3 Å². The standard InChI is InChI=1S/C10H7BrF3IOS/c11-5-7(16)3-6-1-2-8(15)9(4-6)17-10(12,13)14/h1-2,4H,3,5H2. The van der Waals surface area contributed by atoms with Crippen LogP contribution in [0.15, 0.2) is 23.1 Å². The molecule has 1 rings (SSSR count). The Balaban J connectivity index is 2.90. The molecule has 0 saturated carbocycles. The van der Waals surface area contributed by atoms with Crippen LogP contribution in [-0.4, -0.2) is 16.6 Å². The molecule has 94 valence electrons. The lowest BCUT2D eigenvalue weighted by atomic mass is 10.1. The Bertz CT molecular complexity index is 423. The van der Waals surface area contributed by atoms with E-state index in [1.807, 2.05) is 22.6 Å². The Morgan fingerprint density at radius 3 is 2.59 bits per heavy atom. The summed E-state index contributed by atoms with van der Waals surface area (Å²) in [5.41, 5.74) is -3.71. The van der Waals surface area contributed by atoms with Crippen molar-refractivity contribution in [1.82, 2.24) is 0 Å². The Morgan fingerprint density at radius 2 is 2.06 bits per heavy atom. The van der Waals surface area contributed by atoms with Gasteiger partial charge in [0.2, 0.25) is 0 Å². The van der Waals surface area contributed by atoms with Gasteiger partial charge in [-0.25, -0.2) is 0 Å². The maximum atomic E-state index is 12.3. The highest BCUT2D eigenvalue weighted by atomic mass is 127. The van der Waals surface area contributed by atoms with E-state index in [0.717, 1.165) is 0 Å². The fourth-order valence-electron chi connectivity index (χ4n) is 1.14. The van der Waals surface area contributed by atoms with Crippen LogP contribution in [0.25, 0.3) is 0 Å². The number of thioether (sulfide) groups is 1. The van der Waals surface area contributed by atoms with E-state index >= 15 is 0 Å². The number of hydrogen-bond acceptors (Lipinski definition) is 2. The minimum Gasteiger partial charge on any atom is -0.298 e. The van der Waals surface area contributed by atoms with Crippen LogP contribution < -0.4 is 0 Å². The number of halogens is 5. The summed E-state index contributed by atoms with van der Waals surface area (Å²) in [6.45, 7) is 0. The molecule has 0 spiro atoms. The second-order valence-electron chi connectivity index (χ2n) is 3.16. The summed E-state index contributed by atoms with van der Waals surface area (Å²) in [4.78, 5) is 11.3. The zero-order chi connectivity index (χ0) is 13.1. The first-order valence-electron chi connectivity index (χ1n) is 4.43. The van der Waals surface area contributed by atoms with Crippen molar-refractivity contribution in [3.63, 3.8) is 0 Å². The summed E-state index contributed by atoms with van der Waals surface area (Å²) in [7, 11) is 0. The molecule has 7 heteroatoms. The van der Waals surface area contributed by atoms with Crippen molar-refractivity contribution in [3.8, 4) is 0 Å². The zero-order valence-electron chi connectivity index (χ0n) is 8.35. The third-order valence-electron chi connectivity index (χ3n) is 1.77. The molecule has 1 aromatic rings. The van der Waals surface area contributed by atoms with Crippen molar-refractivity contribution < 1.29 is 18.0 Å². The second kappa shape index (κ2) is 6.42. The SMILES string of the molecule is O=C(CBr)Cc1ccc(I)c(SC(F)(F)F)c1. The van der Waals surface area contributed by atoms with Gasteiger partial charge in [0.1, 0.15) is 5.78 Å². The van der Waals surface area contributed by atoms with Crippen LogP contribution in [0.4, 0.5) is 13.2 Å². The van der Waals surface area contributed by atoms with Gasteiger partial charge in [0, 0.05) is 14.9 Å². The molecule has 1 aromatic carbocycles. The summed E-state index contributed by atoms with van der Waals surface area (Å²) in [5, 5.41) is 0.209. The van der Waals surface area contributed by atoms with Crippen molar-refractivity contribution in [3.05, 3.63) is 27.3 Å². The van der Waals surface area contributed by atoms with E-state index in [1.165, 1.54) is 6.07 Å². The van der Waals surface area contributed by atoms with Crippen molar-refractivity contribution in [2.45, 2.75) is 16.8 Å². The Morgan fingerprint density at radius 1 is 1.41 bits per heavy atom. The molecule has 0 saturated heterocycles. The molecule has 0 unspecified atom stereocenters. The highest BCUT2D eigenvalue weighted by Gasteiger charge is 2.30. The highest BCUT2D eigenvalue weighted by molar-refractivity contribution is 14.1. The lowest BCUT2D eigenvalue weighted by Crippen LogP contribution is -2.05. The van der Waals surface area contributed by atoms with Crippen LogP contribution in [0, 0.1) is 3.57 Å². The van der Waals surface area contributed by atoms with Crippen LogP contribution in [0.5, 0.6) is 0 Å². The maximum absolute atomic E-state index is 12.3. The summed E-state index contributed by atoms with van der Waals surface area (Å²) < 4.78 is 37.3. The first-order chi connectivity index (χ1) is 7.81. The normalized spacial score (nSPS) is 11.6. The van der Waals surface area contributed by atoms with Crippen molar-refractivity contribution in [2.75, 3.05) is 5.33 Å². The van der Waals surface area contributed by atoms with E-state index in [4.69, 9.17) is 0 Å². The number of Topliss-reactive ketones (excluding diaryl/α,β-unsaturated/α-hetero) is 1. The summed E-state index contributed by atoms with van der Waals surface area (Å²) in [6.07, 6.45) is 0.146. The fourth-order valence-corrected chi connectivity index (χ4v) is 2.62. The number of benzene rings is 1. The Labute approximate surface area is 123 Å². The van der Waals surface area contributed by atoms with E-state index in [2.05, 4.69) is 15.9 Å². The molecular formula is C10H7BrF3IOS. The lowest BCUT2D eigenvalue weighted by molar-refractivity contribution is -0.115. The van der Waals surface area contributed by atoms with Gasteiger partial charge < -0.3 is 0 Å². The number of alkyl halides is 4. The smallest absolute Gasteiger partial charge is 0.298 e. The van der Waals surface area contributed by atoms with E-state index in [0.29, 0.717) is 9.13 Å². The molecule has 1 nitrogen and oxygen atoms in total. The second-order valence-corrected chi connectivity index (χ2v) is 5.99. The van der Waals surface area contributed by atoms with Crippen LogP contribution in [-0.2, 0) is 11.2 Å². The lowest BCUT2D eigenvalue weighted by Gasteiger charge is -2.09. The number of rotatable bonds is 4. The third-order valence-corrected chi connectivity index (χ3v) is 4.49. The van der Waals surface area contributed by atoms with Crippen molar-refractivity contribution in [2.24, 2.45) is 0 Å².